The van der Waals surface area contributed by atoms with E-state index >= 15 is 0 Å². The van der Waals surface area contributed by atoms with Crippen molar-refractivity contribution in [2.24, 2.45) is 0 Å². The molecule has 0 unspecified atom stereocenters. The molecule has 0 aromatic heterocycles. The molecule has 8 heteroatoms. The smallest absolute Gasteiger partial charge is 0.417 e. The number of nitrogens with one attached hydrogen (secondary N) is 1. The van der Waals surface area contributed by atoms with Crippen LogP contribution in [-0.4, -0.2) is 20.1 Å². The second kappa shape index (κ2) is 8.81. The van der Waals surface area contributed by atoms with E-state index in [1.807, 2.05) is 0 Å². The highest BCUT2D eigenvalue weighted by Gasteiger charge is 2.33. The van der Waals surface area contributed by atoms with Gasteiger partial charge in [-0.3, -0.25) is 4.79 Å². The van der Waals surface area contributed by atoms with Gasteiger partial charge in [-0.25, -0.2) is 0 Å². The number of hydrogen-bond acceptors (Lipinski definition) is 3. The number of carbonyl (C=O) groups is 1. The van der Waals surface area contributed by atoms with Crippen LogP contribution in [0.25, 0.3) is 6.08 Å². The van der Waals surface area contributed by atoms with E-state index in [0.717, 1.165) is 18.2 Å². The van der Waals surface area contributed by atoms with Gasteiger partial charge in [-0.1, -0.05) is 17.7 Å². The summed E-state index contributed by atoms with van der Waals surface area (Å²) in [4.78, 5) is 12.0. The largest absolute Gasteiger partial charge is 0.497 e. The summed E-state index contributed by atoms with van der Waals surface area (Å²) >= 11 is 5.57. The number of halogens is 4. The molecule has 2 rings (SSSR count). The van der Waals surface area contributed by atoms with Gasteiger partial charge in [-0.05, 0) is 42.0 Å². The van der Waals surface area contributed by atoms with Crippen LogP contribution in [0.5, 0.6) is 11.5 Å². The molecule has 0 atom stereocenters. The number of alkyl halides is 3. The summed E-state index contributed by atoms with van der Waals surface area (Å²) in [6, 6.07) is 8.58. The molecule has 27 heavy (non-hydrogen) atoms. The molecule has 0 aliphatic rings. The standard InChI is InChI=1S/C19H17ClF3NO3/c1-26-14-5-7-17(27-2)13(10-14)11-24-18(25)8-4-12-3-6-16(20)15(9-12)19(21,22)23/h3-10H,11H2,1-2H3,(H,24,25)/b8-4+. The van der Waals surface area contributed by atoms with Gasteiger partial charge in [0.25, 0.3) is 0 Å². The van der Waals surface area contributed by atoms with Gasteiger partial charge >= 0.3 is 6.18 Å². The quantitative estimate of drug-likeness (QED) is 0.716. The van der Waals surface area contributed by atoms with Crippen molar-refractivity contribution in [3.05, 3.63) is 64.2 Å². The Bertz CT molecular complexity index is 851. The first-order valence-electron chi connectivity index (χ1n) is 7.78. The molecule has 0 aliphatic heterocycles. The zero-order valence-electron chi connectivity index (χ0n) is 14.6. The van der Waals surface area contributed by atoms with Crippen LogP contribution in [0.4, 0.5) is 13.2 Å². The van der Waals surface area contributed by atoms with Crippen molar-refractivity contribution < 1.29 is 27.4 Å². The number of methoxy groups -OCH3 is 2. The highest BCUT2D eigenvalue weighted by molar-refractivity contribution is 6.31. The molecular formula is C19H17ClF3NO3. The van der Waals surface area contributed by atoms with E-state index in [1.165, 1.54) is 26.4 Å². The Morgan fingerprint density at radius 3 is 2.52 bits per heavy atom. The summed E-state index contributed by atoms with van der Waals surface area (Å²) in [5.41, 5.74) is -0.0434. The molecule has 2 aromatic rings. The van der Waals surface area contributed by atoms with E-state index in [1.54, 1.807) is 18.2 Å². The highest BCUT2D eigenvalue weighted by Crippen LogP contribution is 2.35. The van der Waals surface area contributed by atoms with E-state index in [0.29, 0.717) is 17.1 Å². The maximum absolute atomic E-state index is 12.9. The van der Waals surface area contributed by atoms with Crippen LogP contribution in [-0.2, 0) is 17.5 Å². The first kappa shape index (κ1) is 20.6. The zero-order valence-corrected chi connectivity index (χ0v) is 15.3. The Hall–Kier alpha value is -2.67. The van der Waals surface area contributed by atoms with E-state index in [2.05, 4.69) is 5.32 Å². The summed E-state index contributed by atoms with van der Waals surface area (Å²) in [5.74, 6) is 0.715. The Labute approximate surface area is 159 Å². The molecule has 1 N–H and O–H groups in total. The first-order chi connectivity index (χ1) is 12.7. The third kappa shape index (κ3) is 5.65. The predicted octanol–water partition coefficient (Wildman–Crippen LogP) is 4.71. The van der Waals surface area contributed by atoms with Gasteiger partial charge in [0.15, 0.2) is 0 Å². The molecule has 0 radical (unpaired) electrons. The van der Waals surface area contributed by atoms with E-state index in [4.69, 9.17) is 21.1 Å². The minimum Gasteiger partial charge on any atom is -0.497 e. The number of rotatable bonds is 6. The molecule has 144 valence electrons. The minimum atomic E-state index is -4.56. The van der Waals surface area contributed by atoms with Gasteiger partial charge < -0.3 is 14.8 Å². The topological polar surface area (TPSA) is 47.6 Å². The number of amides is 1. The van der Waals surface area contributed by atoms with Crippen LogP contribution < -0.4 is 14.8 Å². The molecule has 0 aliphatic carbocycles. The molecule has 0 saturated carbocycles. The summed E-state index contributed by atoms with van der Waals surface area (Å²) < 4.78 is 48.9. The fraction of sp³-hybridized carbons (Fsp3) is 0.211. The van der Waals surface area contributed by atoms with Gasteiger partial charge in [-0.15, -0.1) is 0 Å². The van der Waals surface area contributed by atoms with Crippen molar-refractivity contribution >= 4 is 23.6 Å². The lowest BCUT2D eigenvalue weighted by atomic mass is 10.1. The number of hydrogen-bond donors (Lipinski definition) is 1. The summed E-state index contributed by atoms with van der Waals surface area (Å²) in [6.45, 7) is 0.165. The summed E-state index contributed by atoms with van der Waals surface area (Å²) in [5, 5.41) is 2.25. The van der Waals surface area contributed by atoms with Crippen molar-refractivity contribution in [2.45, 2.75) is 12.7 Å². The van der Waals surface area contributed by atoms with Crippen molar-refractivity contribution in [1.29, 1.82) is 0 Å². The Balaban J connectivity index is 2.06. The van der Waals surface area contributed by atoms with E-state index in [9.17, 15) is 18.0 Å². The second-order valence-electron chi connectivity index (χ2n) is 5.47. The van der Waals surface area contributed by atoms with E-state index in [-0.39, 0.29) is 12.1 Å². The van der Waals surface area contributed by atoms with Crippen molar-refractivity contribution in [3.8, 4) is 11.5 Å². The summed E-state index contributed by atoms with van der Waals surface area (Å²) in [7, 11) is 3.03. The molecule has 0 spiro atoms. The summed E-state index contributed by atoms with van der Waals surface area (Å²) in [6.07, 6.45) is -2.13. The van der Waals surface area contributed by atoms with Gasteiger partial charge in [0.2, 0.25) is 5.91 Å². The van der Waals surface area contributed by atoms with Gasteiger partial charge in [0, 0.05) is 18.2 Å². The maximum Gasteiger partial charge on any atom is 0.417 e. The molecular weight excluding hydrogens is 383 g/mol. The van der Waals surface area contributed by atoms with Crippen molar-refractivity contribution in [3.63, 3.8) is 0 Å². The maximum atomic E-state index is 12.9. The average molecular weight is 400 g/mol. The van der Waals surface area contributed by atoms with Gasteiger partial charge in [0.1, 0.15) is 11.5 Å². The van der Waals surface area contributed by atoms with Crippen LogP contribution in [0.2, 0.25) is 5.02 Å². The molecule has 0 saturated heterocycles. The Morgan fingerprint density at radius 2 is 1.89 bits per heavy atom. The third-order valence-electron chi connectivity index (χ3n) is 3.66. The predicted molar refractivity (Wildman–Crippen MR) is 96.9 cm³/mol. The fourth-order valence-electron chi connectivity index (χ4n) is 2.30. The van der Waals surface area contributed by atoms with Crippen molar-refractivity contribution in [2.75, 3.05) is 14.2 Å². The zero-order chi connectivity index (χ0) is 20.0. The molecule has 0 heterocycles. The van der Waals surface area contributed by atoms with Crippen LogP contribution in [0.15, 0.2) is 42.5 Å². The molecule has 4 nitrogen and oxygen atoms in total. The van der Waals surface area contributed by atoms with Crippen molar-refractivity contribution in [1.82, 2.24) is 5.32 Å². The van der Waals surface area contributed by atoms with Gasteiger partial charge in [-0.2, -0.15) is 13.2 Å². The Kier molecular flexibility index (Phi) is 6.74. The van der Waals surface area contributed by atoms with Crippen LogP contribution in [0.1, 0.15) is 16.7 Å². The second-order valence-corrected chi connectivity index (χ2v) is 5.87. The highest BCUT2D eigenvalue weighted by atomic mass is 35.5. The SMILES string of the molecule is COc1ccc(OC)c(CNC(=O)/C=C/c2ccc(Cl)c(C(F)(F)F)c2)c1. The first-order valence-corrected chi connectivity index (χ1v) is 8.16. The van der Waals surface area contributed by atoms with Crippen LogP contribution in [0.3, 0.4) is 0 Å². The minimum absolute atomic E-state index is 0.165. The number of benzene rings is 2. The van der Waals surface area contributed by atoms with E-state index < -0.39 is 22.7 Å². The molecule has 2 aromatic carbocycles. The lowest BCUT2D eigenvalue weighted by molar-refractivity contribution is -0.137. The lowest BCUT2D eigenvalue weighted by Crippen LogP contribution is -2.20. The lowest BCUT2D eigenvalue weighted by Gasteiger charge is -2.11. The van der Waals surface area contributed by atoms with Crippen LogP contribution >= 0.6 is 11.6 Å². The van der Waals surface area contributed by atoms with Crippen LogP contribution in [0, 0.1) is 0 Å². The fourth-order valence-corrected chi connectivity index (χ4v) is 2.52. The molecule has 0 bridgehead atoms. The monoisotopic (exact) mass is 399 g/mol. The normalized spacial score (nSPS) is 11.5. The van der Waals surface area contributed by atoms with Gasteiger partial charge in [0.05, 0.1) is 24.8 Å². The average Bonchev–Trinajstić information content (AvgIpc) is 2.64. The Morgan fingerprint density at radius 1 is 1.15 bits per heavy atom. The molecule has 1 amide bonds. The number of carbonyl (C=O) groups excluding carboxylic acids is 1. The number of ether oxygens (including phenoxy) is 2. The third-order valence-corrected chi connectivity index (χ3v) is 3.99. The molecule has 0 fully saturated rings.